The summed E-state index contributed by atoms with van der Waals surface area (Å²) >= 11 is 0. The number of hydrogen-bond donors (Lipinski definition) is 0. The molecule has 0 atom stereocenters. The topological polar surface area (TPSA) is 58.4 Å². The van der Waals surface area contributed by atoms with Crippen molar-refractivity contribution in [3.05, 3.63) is 83.3 Å². The number of ketones is 1. The van der Waals surface area contributed by atoms with Crippen LogP contribution in [-0.2, 0) is 11.3 Å². The first kappa shape index (κ1) is 19.9. The maximum Gasteiger partial charge on any atom is 0.296 e. The number of hydrogen-bond acceptors (Lipinski definition) is 4. The number of anilines is 1. The van der Waals surface area contributed by atoms with Crippen LogP contribution in [0.4, 0.5) is 5.82 Å². The highest BCUT2D eigenvalue weighted by Gasteiger charge is 2.28. The molecule has 2 aromatic heterocycles. The average molecular weight is 402 g/mol. The fraction of sp³-hybridized carbons (Fsp3) is 0.292. The van der Waals surface area contributed by atoms with Crippen molar-refractivity contribution in [2.75, 3.05) is 31.1 Å². The molecule has 3 aromatic rings. The van der Waals surface area contributed by atoms with Crippen LogP contribution >= 0.6 is 0 Å². The van der Waals surface area contributed by atoms with Gasteiger partial charge in [0.2, 0.25) is 0 Å². The van der Waals surface area contributed by atoms with E-state index >= 15 is 0 Å². The molecule has 1 saturated heterocycles. The summed E-state index contributed by atoms with van der Waals surface area (Å²) in [4.78, 5) is 34.0. The molecule has 0 bridgehead atoms. The lowest BCUT2D eigenvalue weighted by molar-refractivity contribution is -0.126. The Morgan fingerprint density at radius 1 is 0.933 bits per heavy atom. The first-order valence-corrected chi connectivity index (χ1v) is 10.2. The predicted molar refractivity (Wildman–Crippen MR) is 117 cm³/mol. The molecule has 154 valence electrons. The number of rotatable bonds is 5. The number of benzene rings is 1. The van der Waals surface area contributed by atoms with Gasteiger partial charge in [0, 0.05) is 45.1 Å². The molecule has 1 aromatic carbocycles. The Morgan fingerprint density at radius 3 is 2.43 bits per heavy atom. The van der Waals surface area contributed by atoms with Crippen LogP contribution < -0.4 is 4.90 Å². The van der Waals surface area contributed by atoms with Gasteiger partial charge in [-0.05, 0) is 54.8 Å². The van der Waals surface area contributed by atoms with E-state index in [0.29, 0.717) is 38.4 Å². The van der Waals surface area contributed by atoms with Gasteiger partial charge >= 0.3 is 0 Å². The first-order chi connectivity index (χ1) is 14.5. The van der Waals surface area contributed by atoms with Crippen LogP contribution in [0.25, 0.3) is 0 Å². The summed E-state index contributed by atoms with van der Waals surface area (Å²) in [6.07, 6.45) is 3.62. The van der Waals surface area contributed by atoms with Crippen molar-refractivity contribution in [1.82, 2.24) is 14.5 Å². The lowest BCUT2D eigenvalue weighted by Gasteiger charge is -2.35. The molecule has 0 saturated carbocycles. The molecule has 30 heavy (non-hydrogen) atoms. The third-order valence-corrected chi connectivity index (χ3v) is 5.72. The van der Waals surface area contributed by atoms with E-state index < -0.39 is 11.7 Å². The highest BCUT2D eigenvalue weighted by atomic mass is 16.2. The minimum Gasteiger partial charge on any atom is -0.353 e. The third-order valence-electron chi connectivity index (χ3n) is 5.72. The quantitative estimate of drug-likeness (QED) is 0.486. The summed E-state index contributed by atoms with van der Waals surface area (Å²) in [5.41, 5.74) is 4.00. The molecule has 0 unspecified atom stereocenters. The first-order valence-electron chi connectivity index (χ1n) is 10.2. The molecule has 1 aliphatic rings. The van der Waals surface area contributed by atoms with Crippen LogP contribution in [0, 0.1) is 13.8 Å². The lowest BCUT2D eigenvalue weighted by atomic mass is 10.1. The molecule has 6 heteroatoms. The van der Waals surface area contributed by atoms with Crippen molar-refractivity contribution < 1.29 is 9.59 Å². The number of aryl methyl sites for hydroxylation is 2. The zero-order valence-corrected chi connectivity index (χ0v) is 17.4. The predicted octanol–water partition coefficient (Wildman–Crippen LogP) is 3.08. The Kier molecular flexibility index (Phi) is 5.65. The fourth-order valence-electron chi connectivity index (χ4n) is 3.79. The number of pyridine rings is 1. The number of aromatic nitrogens is 2. The number of amides is 1. The van der Waals surface area contributed by atoms with E-state index in [1.165, 1.54) is 11.1 Å². The van der Waals surface area contributed by atoms with Crippen LogP contribution in [0.1, 0.15) is 27.2 Å². The smallest absolute Gasteiger partial charge is 0.296 e. The van der Waals surface area contributed by atoms with Crippen LogP contribution in [-0.4, -0.2) is 52.3 Å². The SMILES string of the molecule is Cc1ccc(Cn2cccc2C(=O)C(=O)N2CCN(c3ccccn3)CC2)cc1C. The molecular formula is C24H26N4O2. The van der Waals surface area contributed by atoms with Crippen molar-refractivity contribution in [3.63, 3.8) is 0 Å². The standard InChI is InChI=1S/C24H26N4O2/c1-18-8-9-20(16-19(18)2)17-28-11-5-6-21(28)23(29)24(30)27-14-12-26(13-15-27)22-7-3-4-10-25-22/h3-11,16H,12-15,17H2,1-2H3. The molecule has 0 aliphatic carbocycles. The number of piperazine rings is 1. The number of carbonyl (C=O) groups is 2. The number of carbonyl (C=O) groups excluding carboxylic acids is 2. The summed E-state index contributed by atoms with van der Waals surface area (Å²) in [6.45, 7) is 7.08. The largest absolute Gasteiger partial charge is 0.353 e. The summed E-state index contributed by atoms with van der Waals surface area (Å²) in [5.74, 6) is 0.0176. The van der Waals surface area contributed by atoms with E-state index in [2.05, 4.69) is 41.9 Å². The number of nitrogens with zero attached hydrogens (tertiary/aromatic N) is 4. The van der Waals surface area contributed by atoms with Crippen molar-refractivity contribution >= 4 is 17.5 Å². The molecule has 6 nitrogen and oxygen atoms in total. The maximum absolute atomic E-state index is 13.0. The average Bonchev–Trinajstić information content (AvgIpc) is 3.24. The molecule has 4 rings (SSSR count). The second-order valence-corrected chi connectivity index (χ2v) is 7.74. The summed E-state index contributed by atoms with van der Waals surface area (Å²) in [7, 11) is 0. The van der Waals surface area contributed by atoms with Gasteiger partial charge in [-0.1, -0.05) is 24.3 Å². The monoisotopic (exact) mass is 402 g/mol. The van der Waals surface area contributed by atoms with Gasteiger partial charge in [0.25, 0.3) is 11.7 Å². The van der Waals surface area contributed by atoms with Crippen molar-refractivity contribution in [2.45, 2.75) is 20.4 Å². The Hall–Kier alpha value is -3.41. The normalized spacial score (nSPS) is 14.1. The second-order valence-electron chi connectivity index (χ2n) is 7.74. The molecule has 1 fully saturated rings. The van der Waals surface area contributed by atoms with E-state index in [0.717, 1.165) is 11.4 Å². The lowest BCUT2D eigenvalue weighted by Crippen LogP contribution is -2.51. The van der Waals surface area contributed by atoms with Crippen LogP contribution in [0.2, 0.25) is 0 Å². The van der Waals surface area contributed by atoms with E-state index in [1.807, 2.05) is 35.0 Å². The molecular weight excluding hydrogens is 376 g/mol. The van der Waals surface area contributed by atoms with Gasteiger partial charge in [0.05, 0.1) is 5.69 Å². The summed E-state index contributed by atoms with van der Waals surface area (Å²) in [5, 5.41) is 0. The van der Waals surface area contributed by atoms with Crippen LogP contribution in [0.15, 0.2) is 60.9 Å². The van der Waals surface area contributed by atoms with Gasteiger partial charge < -0.3 is 14.4 Å². The van der Waals surface area contributed by atoms with Gasteiger partial charge in [-0.3, -0.25) is 9.59 Å². The Bertz CT molecular complexity index is 1050. The summed E-state index contributed by atoms with van der Waals surface area (Å²) < 4.78 is 1.86. The van der Waals surface area contributed by atoms with Crippen molar-refractivity contribution in [2.24, 2.45) is 0 Å². The van der Waals surface area contributed by atoms with Crippen LogP contribution in [0.3, 0.4) is 0 Å². The zero-order valence-electron chi connectivity index (χ0n) is 17.4. The minimum atomic E-state index is -0.449. The van der Waals surface area contributed by atoms with Crippen LogP contribution in [0.5, 0.6) is 0 Å². The van der Waals surface area contributed by atoms with Crippen molar-refractivity contribution in [1.29, 1.82) is 0 Å². The maximum atomic E-state index is 13.0. The molecule has 1 amide bonds. The molecule has 3 heterocycles. The molecule has 0 radical (unpaired) electrons. The second kappa shape index (κ2) is 8.53. The highest BCUT2D eigenvalue weighted by Crippen LogP contribution is 2.16. The van der Waals surface area contributed by atoms with E-state index in [4.69, 9.17) is 0 Å². The molecule has 0 spiro atoms. The third kappa shape index (κ3) is 4.13. The van der Waals surface area contributed by atoms with E-state index in [-0.39, 0.29) is 0 Å². The van der Waals surface area contributed by atoms with E-state index in [9.17, 15) is 9.59 Å². The Morgan fingerprint density at radius 2 is 1.73 bits per heavy atom. The van der Waals surface area contributed by atoms with Gasteiger partial charge in [-0.25, -0.2) is 4.98 Å². The molecule has 0 N–H and O–H groups in total. The van der Waals surface area contributed by atoms with Gasteiger partial charge in [-0.2, -0.15) is 0 Å². The number of Topliss-reactive ketones (excluding diaryl/α,β-unsaturated/α-hetero) is 1. The van der Waals surface area contributed by atoms with E-state index in [1.54, 1.807) is 17.2 Å². The summed E-state index contributed by atoms with van der Waals surface area (Å²) in [6, 6.07) is 15.6. The molecule has 1 aliphatic heterocycles. The Labute approximate surface area is 176 Å². The highest BCUT2D eigenvalue weighted by molar-refractivity contribution is 6.42. The van der Waals surface area contributed by atoms with Gasteiger partial charge in [-0.15, -0.1) is 0 Å². The van der Waals surface area contributed by atoms with Crippen molar-refractivity contribution in [3.8, 4) is 0 Å². The van der Waals surface area contributed by atoms with Gasteiger partial charge in [0.1, 0.15) is 5.82 Å². The minimum absolute atomic E-state index is 0.435. The van der Waals surface area contributed by atoms with Gasteiger partial charge in [0.15, 0.2) is 0 Å². The zero-order chi connectivity index (χ0) is 21.1. The fourth-order valence-corrected chi connectivity index (χ4v) is 3.79. The Balaban J connectivity index is 1.42.